The zero-order valence-corrected chi connectivity index (χ0v) is 8.34. The van der Waals surface area contributed by atoms with Gasteiger partial charge >= 0.3 is 5.97 Å². The molecule has 1 aliphatic rings. The molecule has 4 heteroatoms. The molecule has 0 bridgehead atoms. The van der Waals surface area contributed by atoms with Crippen LogP contribution in [0.1, 0.15) is 17.5 Å². The van der Waals surface area contributed by atoms with Gasteiger partial charge in [0.15, 0.2) is 0 Å². The lowest BCUT2D eigenvalue weighted by Gasteiger charge is -2.38. The number of likely N-dealkylation sites (tertiary alicyclic amines) is 1. The third-order valence-electron chi connectivity index (χ3n) is 2.63. The number of rotatable bonds is 1. The van der Waals surface area contributed by atoms with Crippen LogP contribution in [0.3, 0.4) is 0 Å². The molecular weight excluding hydrogens is 185 g/mol. The highest BCUT2D eigenvalue weighted by atomic mass is 19.1. The third kappa shape index (κ3) is 1.80. The van der Waals surface area contributed by atoms with Crippen molar-refractivity contribution in [3.05, 3.63) is 11.9 Å². The Balaban J connectivity index is 3.02. The van der Waals surface area contributed by atoms with Gasteiger partial charge in [-0.25, -0.2) is 4.39 Å². The van der Waals surface area contributed by atoms with E-state index in [1.54, 1.807) is 0 Å². The van der Waals surface area contributed by atoms with Crippen molar-refractivity contribution in [2.45, 2.75) is 13.3 Å². The van der Waals surface area contributed by atoms with Gasteiger partial charge in [0.25, 0.3) is 0 Å². The van der Waals surface area contributed by atoms with Gasteiger partial charge in [-0.15, -0.1) is 0 Å². The second-order valence-electron chi connectivity index (χ2n) is 3.63. The van der Waals surface area contributed by atoms with Crippen LogP contribution in [0.15, 0.2) is 11.9 Å². The van der Waals surface area contributed by atoms with Gasteiger partial charge < -0.3 is 9.64 Å². The van der Waals surface area contributed by atoms with E-state index in [1.807, 2.05) is 0 Å². The normalized spacial score (nSPS) is 35.9. The first kappa shape index (κ1) is 7.40. The molecule has 0 spiro atoms. The summed E-state index contributed by atoms with van der Waals surface area (Å²) in [7, 11) is 1.21. The van der Waals surface area contributed by atoms with Crippen molar-refractivity contribution in [3.63, 3.8) is 0 Å². The molecule has 1 aliphatic heterocycles. The van der Waals surface area contributed by atoms with Gasteiger partial charge in [0.2, 0.25) is 0 Å². The molecule has 0 aromatic heterocycles. The molecule has 1 atom stereocenters. The number of piperidine rings is 1. The molecule has 0 aromatic carbocycles. The first-order valence-corrected chi connectivity index (χ1v) is 4.39. The number of nitrogens with zero attached hydrogens (tertiary/aromatic N) is 1. The second kappa shape index (κ2) is 4.09. The maximum Gasteiger partial charge on any atom is 0.317 e. The van der Waals surface area contributed by atoms with E-state index in [9.17, 15) is 9.18 Å². The minimum Gasteiger partial charge on any atom is -0.468 e. The smallest absolute Gasteiger partial charge is 0.317 e. The monoisotopic (exact) mass is 204 g/mol. The molecule has 14 heavy (non-hydrogen) atoms. The van der Waals surface area contributed by atoms with Crippen molar-refractivity contribution in [1.82, 2.24) is 4.90 Å². The van der Waals surface area contributed by atoms with Gasteiger partial charge in [0.05, 0.1) is 13.4 Å². The summed E-state index contributed by atoms with van der Waals surface area (Å²) in [6.45, 7) is -0.635. The molecular formula is C10H16FNO2. The Hall–Kier alpha value is -0.900. The molecule has 1 heterocycles. The number of ether oxygens (including phenoxy) is 1. The molecule has 0 aromatic rings. The Kier molecular flexibility index (Phi) is 2.16. The molecule has 1 saturated heterocycles. The summed E-state index contributed by atoms with van der Waals surface area (Å²) >= 11 is 0. The zero-order chi connectivity index (χ0) is 13.3. The summed E-state index contributed by atoms with van der Waals surface area (Å²) < 4.78 is 39.3. The van der Waals surface area contributed by atoms with Crippen LogP contribution in [0.25, 0.3) is 0 Å². The van der Waals surface area contributed by atoms with Crippen LogP contribution < -0.4 is 0 Å². The van der Waals surface area contributed by atoms with E-state index < -0.39 is 18.4 Å². The summed E-state index contributed by atoms with van der Waals surface area (Å²) in [6.07, 6.45) is 0.592. The number of methoxy groups -OCH3 is 1. The van der Waals surface area contributed by atoms with E-state index in [0.29, 0.717) is 6.33 Å². The van der Waals surface area contributed by atoms with Crippen molar-refractivity contribution in [2.24, 2.45) is 5.41 Å². The number of halogens is 1. The number of carbonyl (C=O) groups excluding carboxylic acids is 1. The van der Waals surface area contributed by atoms with Gasteiger partial charge in [-0.1, -0.05) is 0 Å². The predicted octanol–water partition coefficient (Wildman–Crippen LogP) is 1.35. The van der Waals surface area contributed by atoms with Crippen LogP contribution in [0, 0.1) is 5.41 Å². The van der Waals surface area contributed by atoms with Crippen LogP contribution in [0.2, 0.25) is 0 Å². The number of hydrogen-bond acceptors (Lipinski definition) is 3. The molecule has 0 N–H and O–H groups in total. The molecule has 3 nitrogen and oxygen atoms in total. The van der Waals surface area contributed by atoms with E-state index in [-0.39, 0.29) is 25.1 Å². The zero-order valence-electron chi connectivity index (χ0n) is 11.3. The van der Waals surface area contributed by atoms with E-state index in [2.05, 4.69) is 4.74 Å². The van der Waals surface area contributed by atoms with Gasteiger partial charge in [-0.05, 0) is 25.9 Å². The van der Waals surface area contributed by atoms with E-state index in [0.717, 1.165) is 0 Å². The Morgan fingerprint density at radius 3 is 3.07 bits per heavy atom. The lowest BCUT2D eigenvalue weighted by atomic mass is 9.78. The molecule has 0 unspecified atom stereocenters. The first-order chi connectivity index (χ1) is 7.75. The minimum absolute atomic E-state index is 0.0636. The maximum atomic E-state index is 12.8. The fraction of sp³-hybridized carbons (Fsp3) is 0.700. The van der Waals surface area contributed by atoms with E-state index in [4.69, 9.17) is 4.11 Å². The van der Waals surface area contributed by atoms with Crippen LogP contribution in [0.4, 0.5) is 4.39 Å². The number of hydrogen-bond donors (Lipinski definition) is 0. The lowest BCUT2D eigenvalue weighted by Crippen LogP contribution is -2.46. The standard InChI is InChI=1S/C10H16FNO2/c1-10(9(13)14-3)7-12(2)5-4-8(10)6-11/h6H,4-5,7H2,1-3H3/b8-6-/t10-/m1/s1/i2D3. The molecule has 1 rings (SSSR count). The fourth-order valence-electron chi connectivity index (χ4n) is 1.69. The molecule has 0 aliphatic carbocycles. The van der Waals surface area contributed by atoms with Crippen molar-refractivity contribution in [3.8, 4) is 0 Å². The maximum absolute atomic E-state index is 12.8. The highest BCUT2D eigenvalue weighted by molar-refractivity contribution is 5.80. The van der Waals surface area contributed by atoms with E-state index >= 15 is 0 Å². The average Bonchev–Trinajstić information content (AvgIpc) is 2.26. The highest BCUT2D eigenvalue weighted by Crippen LogP contribution is 2.35. The van der Waals surface area contributed by atoms with Crippen LogP contribution in [-0.4, -0.2) is 38.0 Å². The summed E-state index contributed by atoms with van der Waals surface area (Å²) in [5.74, 6) is -0.615. The fourth-order valence-corrected chi connectivity index (χ4v) is 1.69. The van der Waals surface area contributed by atoms with Crippen LogP contribution >= 0.6 is 0 Å². The van der Waals surface area contributed by atoms with Gasteiger partial charge in [-0.3, -0.25) is 4.79 Å². The first-order valence-electron chi connectivity index (χ1n) is 5.89. The SMILES string of the molecule is [2H]C([2H])([2H])N1CC/C(=C/F)[C@](C)(C(=O)OC)C1. The summed E-state index contributed by atoms with van der Waals surface area (Å²) in [4.78, 5) is 12.9. The lowest BCUT2D eigenvalue weighted by molar-refractivity contribution is -0.151. The van der Waals surface area contributed by atoms with Gasteiger partial charge in [-0.2, -0.15) is 0 Å². The van der Waals surface area contributed by atoms with Crippen molar-refractivity contribution >= 4 is 5.97 Å². The molecule has 80 valence electrons. The van der Waals surface area contributed by atoms with Crippen molar-refractivity contribution in [2.75, 3.05) is 27.2 Å². The molecule has 0 amide bonds. The Bertz CT molecular complexity index is 343. The summed E-state index contributed by atoms with van der Waals surface area (Å²) in [6, 6.07) is 0. The predicted molar refractivity (Wildman–Crippen MR) is 51.4 cm³/mol. The number of carbonyl (C=O) groups is 1. The van der Waals surface area contributed by atoms with Crippen molar-refractivity contribution < 1.29 is 18.0 Å². The Morgan fingerprint density at radius 2 is 2.57 bits per heavy atom. The minimum atomic E-state index is -2.28. The van der Waals surface area contributed by atoms with E-state index in [1.165, 1.54) is 18.9 Å². The molecule has 0 saturated carbocycles. The molecule has 1 fully saturated rings. The largest absolute Gasteiger partial charge is 0.468 e. The van der Waals surface area contributed by atoms with Gasteiger partial charge in [0, 0.05) is 17.2 Å². The molecule has 0 radical (unpaired) electrons. The van der Waals surface area contributed by atoms with Crippen LogP contribution in [0.5, 0.6) is 0 Å². The summed E-state index contributed by atoms with van der Waals surface area (Å²) in [5, 5.41) is 0. The second-order valence-corrected chi connectivity index (χ2v) is 3.63. The third-order valence-corrected chi connectivity index (χ3v) is 2.63. The average molecular weight is 204 g/mol. The van der Waals surface area contributed by atoms with Crippen LogP contribution in [-0.2, 0) is 9.53 Å². The Labute approximate surface area is 87.7 Å². The highest BCUT2D eigenvalue weighted by Gasteiger charge is 2.42. The topological polar surface area (TPSA) is 29.5 Å². The number of esters is 1. The van der Waals surface area contributed by atoms with Crippen molar-refractivity contribution in [1.29, 1.82) is 0 Å². The Morgan fingerprint density at radius 1 is 1.86 bits per heavy atom. The summed E-state index contributed by atoms with van der Waals surface area (Å²) in [5.41, 5.74) is -0.944. The quantitative estimate of drug-likeness (QED) is 0.604. The van der Waals surface area contributed by atoms with Gasteiger partial charge in [0.1, 0.15) is 5.41 Å².